The molecule has 7 heteroatoms. The van der Waals surface area contributed by atoms with Gasteiger partial charge in [0.1, 0.15) is 0 Å². The minimum Gasteiger partial charge on any atom is -0.487 e. The van der Waals surface area contributed by atoms with Gasteiger partial charge in [-0.15, -0.1) is 0 Å². The van der Waals surface area contributed by atoms with Gasteiger partial charge in [0.05, 0.1) is 11.5 Å². The molecule has 2 aromatic rings. The second kappa shape index (κ2) is 8.31. The molecule has 0 aromatic heterocycles. The zero-order chi connectivity index (χ0) is 17.5. The summed E-state index contributed by atoms with van der Waals surface area (Å²) in [7, 11) is 0. The van der Waals surface area contributed by atoms with E-state index >= 15 is 0 Å². The zero-order valence-electron chi connectivity index (χ0n) is 13.1. The van der Waals surface area contributed by atoms with Crippen molar-refractivity contribution in [3.8, 4) is 5.75 Å². The van der Waals surface area contributed by atoms with Gasteiger partial charge in [0, 0.05) is 23.2 Å². The van der Waals surface area contributed by atoms with Gasteiger partial charge in [-0.2, -0.15) is 0 Å². The van der Waals surface area contributed by atoms with Crippen LogP contribution in [0, 0.1) is 17.0 Å². The van der Waals surface area contributed by atoms with E-state index in [1.54, 1.807) is 24.3 Å². The van der Waals surface area contributed by atoms with Crippen LogP contribution < -0.4 is 10.1 Å². The van der Waals surface area contributed by atoms with Crippen LogP contribution in [0.25, 0.3) is 0 Å². The SMILES string of the molecule is Cc1ccc(NC(=O)CCCOc2ccccc2[N+](=O)[O-])cc1Cl. The number of carbonyl (C=O) groups excluding carboxylic acids is 1. The third kappa shape index (κ3) is 4.96. The largest absolute Gasteiger partial charge is 0.487 e. The molecular formula is C17H17ClN2O4. The maximum Gasteiger partial charge on any atom is 0.310 e. The van der Waals surface area contributed by atoms with Gasteiger partial charge in [0.15, 0.2) is 5.75 Å². The first-order chi connectivity index (χ1) is 11.5. The number of hydrogen-bond donors (Lipinski definition) is 1. The topological polar surface area (TPSA) is 81.5 Å². The predicted molar refractivity (Wildman–Crippen MR) is 92.6 cm³/mol. The first-order valence-corrected chi connectivity index (χ1v) is 7.77. The Balaban J connectivity index is 1.79. The summed E-state index contributed by atoms with van der Waals surface area (Å²) in [5.41, 5.74) is 1.49. The smallest absolute Gasteiger partial charge is 0.310 e. The minimum absolute atomic E-state index is 0.0868. The van der Waals surface area contributed by atoms with E-state index in [1.165, 1.54) is 12.1 Å². The number of anilines is 1. The Morgan fingerprint density at radius 1 is 1.29 bits per heavy atom. The number of halogens is 1. The van der Waals surface area contributed by atoms with Crippen molar-refractivity contribution >= 4 is 28.9 Å². The Bertz CT molecular complexity index is 749. The van der Waals surface area contributed by atoms with Gasteiger partial charge in [-0.3, -0.25) is 14.9 Å². The average molecular weight is 349 g/mol. The lowest BCUT2D eigenvalue weighted by atomic mass is 10.2. The van der Waals surface area contributed by atoms with E-state index in [-0.39, 0.29) is 30.4 Å². The number of hydrogen-bond acceptors (Lipinski definition) is 4. The first kappa shape index (κ1) is 17.7. The molecule has 0 saturated heterocycles. The Morgan fingerprint density at radius 2 is 2.04 bits per heavy atom. The highest BCUT2D eigenvalue weighted by molar-refractivity contribution is 6.31. The lowest BCUT2D eigenvalue weighted by Crippen LogP contribution is -2.13. The van der Waals surface area contributed by atoms with Gasteiger partial charge in [0.2, 0.25) is 5.91 Å². The Kier molecular flexibility index (Phi) is 6.14. The van der Waals surface area contributed by atoms with Crippen molar-refractivity contribution < 1.29 is 14.5 Å². The number of nitrogens with zero attached hydrogens (tertiary/aromatic N) is 1. The van der Waals surface area contributed by atoms with Crippen LogP contribution in [0.2, 0.25) is 5.02 Å². The number of rotatable bonds is 7. The zero-order valence-corrected chi connectivity index (χ0v) is 13.9. The van der Waals surface area contributed by atoms with Gasteiger partial charge in [0.25, 0.3) is 0 Å². The van der Waals surface area contributed by atoms with Crippen LogP contribution in [-0.2, 0) is 4.79 Å². The number of amides is 1. The molecule has 6 nitrogen and oxygen atoms in total. The fourth-order valence-corrected chi connectivity index (χ4v) is 2.22. The van der Waals surface area contributed by atoms with Gasteiger partial charge >= 0.3 is 5.69 Å². The standard InChI is InChI=1S/C17H17ClN2O4/c1-12-8-9-13(11-14(12)18)19-17(21)7-4-10-24-16-6-3-2-5-15(16)20(22)23/h2-3,5-6,8-9,11H,4,7,10H2,1H3,(H,19,21). The van der Waals surface area contributed by atoms with Crippen LogP contribution in [0.5, 0.6) is 5.75 Å². The molecule has 0 atom stereocenters. The van der Waals surface area contributed by atoms with Crippen LogP contribution in [0.3, 0.4) is 0 Å². The second-order valence-electron chi connectivity index (χ2n) is 5.19. The summed E-state index contributed by atoms with van der Waals surface area (Å²) in [5, 5.41) is 14.2. The number of ether oxygens (including phenoxy) is 1. The van der Waals surface area contributed by atoms with Crippen molar-refractivity contribution in [1.82, 2.24) is 0 Å². The maximum absolute atomic E-state index is 11.9. The van der Waals surface area contributed by atoms with Crippen LogP contribution in [-0.4, -0.2) is 17.4 Å². The quantitative estimate of drug-likeness (QED) is 0.458. The van der Waals surface area contributed by atoms with E-state index < -0.39 is 4.92 Å². The number of aryl methyl sites for hydroxylation is 1. The molecule has 1 N–H and O–H groups in total. The summed E-state index contributed by atoms with van der Waals surface area (Å²) < 4.78 is 5.39. The fraction of sp³-hybridized carbons (Fsp3) is 0.235. The lowest BCUT2D eigenvalue weighted by Gasteiger charge is -2.08. The van der Waals surface area contributed by atoms with E-state index in [0.717, 1.165) is 5.56 Å². The monoisotopic (exact) mass is 348 g/mol. The molecule has 0 unspecified atom stereocenters. The summed E-state index contributed by atoms with van der Waals surface area (Å²) in [6, 6.07) is 11.5. The van der Waals surface area contributed by atoms with Crippen molar-refractivity contribution in [3.05, 3.63) is 63.2 Å². The molecule has 0 aliphatic heterocycles. The van der Waals surface area contributed by atoms with E-state index in [9.17, 15) is 14.9 Å². The van der Waals surface area contributed by atoms with Gasteiger partial charge in [-0.25, -0.2) is 0 Å². The van der Waals surface area contributed by atoms with E-state index in [4.69, 9.17) is 16.3 Å². The number of benzene rings is 2. The Labute approximate surface area is 144 Å². The molecule has 0 heterocycles. The second-order valence-corrected chi connectivity index (χ2v) is 5.60. The molecular weight excluding hydrogens is 332 g/mol. The highest BCUT2D eigenvalue weighted by atomic mass is 35.5. The van der Waals surface area contributed by atoms with Crippen molar-refractivity contribution in [2.45, 2.75) is 19.8 Å². The number of nitrogens with one attached hydrogen (secondary N) is 1. The van der Waals surface area contributed by atoms with E-state index in [1.807, 2.05) is 13.0 Å². The molecule has 1 amide bonds. The molecule has 0 aliphatic rings. The molecule has 2 aromatic carbocycles. The third-order valence-electron chi connectivity index (χ3n) is 3.32. The summed E-state index contributed by atoms with van der Waals surface area (Å²) in [5.74, 6) is 0.0364. The van der Waals surface area contributed by atoms with Crippen molar-refractivity contribution in [2.75, 3.05) is 11.9 Å². The molecule has 24 heavy (non-hydrogen) atoms. The molecule has 0 bridgehead atoms. The number of carbonyl (C=O) groups is 1. The minimum atomic E-state index is -0.497. The molecule has 0 fully saturated rings. The molecule has 126 valence electrons. The normalized spacial score (nSPS) is 10.2. The lowest BCUT2D eigenvalue weighted by molar-refractivity contribution is -0.385. The average Bonchev–Trinajstić information content (AvgIpc) is 2.55. The number of para-hydroxylation sites is 2. The highest BCUT2D eigenvalue weighted by Gasteiger charge is 2.13. The van der Waals surface area contributed by atoms with E-state index in [0.29, 0.717) is 17.1 Å². The van der Waals surface area contributed by atoms with Gasteiger partial charge < -0.3 is 10.1 Å². The van der Waals surface area contributed by atoms with Crippen LogP contribution in [0.1, 0.15) is 18.4 Å². The van der Waals surface area contributed by atoms with Crippen LogP contribution in [0.15, 0.2) is 42.5 Å². The summed E-state index contributed by atoms with van der Waals surface area (Å²) >= 11 is 6.01. The van der Waals surface area contributed by atoms with Crippen molar-refractivity contribution in [2.24, 2.45) is 0 Å². The third-order valence-corrected chi connectivity index (χ3v) is 3.73. The predicted octanol–water partition coefficient (Wildman–Crippen LogP) is 4.35. The summed E-state index contributed by atoms with van der Waals surface area (Å²) in [6.45, 7) is 2.10. The molecule has 0 radical (unpaired) electrons. The van der Waals surface area contributed by atoms with Crippen molar-refractivity contribution in [1.29, 1.82) is 0 Å². The van der Waals surface area contributed by atoms with Crippen LogP contribution >= 0.6 is 11.6 Å². The number of nitro groups is 1. The molecule has 0 spiro atoms. The van der Waals surface area contributed by atoms with E-state index in [2.05, 4.69) is 5.32 Å². The Morgan fingerprint density at radius 3 is 2.75 bits per heavy atom. The van der Waals surface area contributed by atoms with Crippen molar-refractivity contribution in [3.63, 3.8) is 0 Å². The van der Waals surface area contributed by atoms with Gasteiger partial charge in [-0.05, 0) is 37.1 Å². The summed E-state index contributed by atoms with van der Waals surface area (Å²) in [6.07, 6.45) is 0.684. The van der Waals surface area contributed by atoms with Crippen LogP contribution in [0.4, 0.5) is 11.4 Å². The maximum atomic E-state index is 11.9. The molecule has 2 rings (SSSR count). The summed E-state index contributed by atoms with van der Waals surface area (Å²) in [4.78, 5) is 22.2. The number of nitro benzene ring substituents is 1. The first-order valence-electron chi connectivity index (χ1n) is 7.39. The van der Waals surface area contributed by atoms with Gasteiger partial charge in [-0.1, -0.05) is 29.8 Å². The molecule has 0 aliphatic carbocycles. The highest BCUT2D eigenvalue weighted by Crippen LogP contribution is 2.26. The Hall–Kier alpha value is -2.60. The fourth-order valence-electron chi connectivity index (χ4n) is 2.04. The molecule has 0 saturated carbocycles.